The summed E-state index contributed by atoms with van der Waals surface area (Å²) >= 11 is 17.0. The van der Waals surface area contributed by atoms with Crippen molar-refractivity contribution in [1.29, 1.82) is 0 Å². The zero-order valence-electron chi connectivity index (χ0n) is 6.78. The van der Waals surface area contributed by atoms with Crippen LogP contribution < -0.4 is 5.73 Å². The number of alkyl halides is 2. The highest BCUT2D eigenvalue weighted by Crippen LogP contribution is 2.36. The van der Waals surface area contributed by atoms with Gasteiger partial charge in [0.2, 0.25) is 0 Å². The fourth-order valence-electron chi connectivity index (χ4n) is 0.974. The molecule has 1 nitrogen and oxygen atoms in total. The number of nitrogens with two attached hydrogens (primary N) is 1. The van der Waals surface area contributed by atoms with Crippen LogP contribution in [0, 0.1) is 0 Å². The summed E-state index contributed by atoms with van der Waals surface area (Å²) in [7, 11) is 0. The van der Waals surface area contributed by atoms with Crippen LogP contribution in [0.15, 0.2) is 12.1 Å². The second-order valence-corrected chi connectivity index (χ2v) is 3.81. The van der Waals surface area contributed by atoms with Gasteiger partial charge in [0.15, 0.2) is 0 Å². The van der Waals surface area contributed by atoms with Gasteiger partial charge in [-0.05, 0) is 12.1 Å². The molecule has 78 valence electrons. The van der Waals surface area contributed by atoms with E-state index in [4.69, 9.17) is 40.5 Å². The molecule has 0 fully saturated rings. The van der Waals surface area contributed by atoms with Crippen LogP contribution in [0.25, 0.3) is 0 Å². The monoisotopic (exact) mass is 259 g/mol. The van der Waals surface area contributed by atoms with Crippen molar-refractivity contribution >= 4 is 34.8 Å². The van der Waals surface area contributed by atoms with Crippen molar-refractivity contribution in [1.82, 2.24) is 0 Å². The molecule has 0 amide bonds. The van der Waals surface area contributed by atoms with E-state index < -0.39 is 12.5 Å². The van der Waals surface area contributed by atoms with Crippen molar-refractivity contribution in [2.75, 3.05) is 0 Å². The van der Waals surface area contributed by atoms with Gasteiger partial charge in [0.1, 0.15) is 0 Å². The quantitative estimate of drug-likeness (QED) is 0.802. The normalized spacial score (nSPS) is 13.4. The fraction of sp³-hybridized carbons (Fsp3) is 0.250. The molecule has 0 heterocycles. The van der Waals surface area contributed by atoms with Gasteiger partial charge in [-0.25, -0.2) is 8.78 Å². The van der Waals surface area contributed by atoms with Gasteiger partial charge in [0, 0.05) is 10.6 Å². The molecule has 0 saturated carbocycles. The molecule has 1 aromatic carbocycles. The van der Waals surface area contributed by atoms with Crippen molar-refractivity contribution in [2.24, 2.45) is 5.73 Å². The zero-order valence-corrected chi connectivity index (χ0v) is 9.04. The van der Waals surface area contributed by atoms with E-state index >= 15 is 0 Å². The SMILES string of the molecule is N[C@H](c1c(Cl)ccc(Cl)c1Cl)C(F)F. The van der Waals surface area contributed by atoms with E-state index in [1.165, 1.54) is 12.1 Å². The lowest BCUT2D eigenvalue weighted by atomic mass is 10.1. The molecule has 6 heteroatoms. The van der Waals surface area contributed by atoms with Gasteiger partial charge in [-0.15, -0.1) is 0 Å². The predicted octanol–water partition coefficient (Wildman–Crippen LogP) is 3.91. The Labute approximate surface area is 94.7 Å². The number of rotatable bonds is 2. The summed E-state index contributed by atoms with van der Waals surface area (Å²) in [6.07, 6.45) is -2.73. The summed E-state index contributed by atoms with van der Waals surface area (Å²) < 4.78 is 24.6. The van der Waals surface area contributed by atoms with E-state index in [2.05, 4.69) is 0 Å². The molecule has 0 aliphatic carbocycles. The second-order valence-electron chi connectivity index (χ2n) is 2.62. The third-order valence-electron chi connectivity index (χ3n) is 1.68. The molecule has 0 radical (unpaired) electrons. The van der Waals surface area contributed by atoms with E-state index in [1.54, 1.807) is 0 Å². The van der Waals surface area contributed by atoms with E-state index in [0.717, 1.165) is 0 Å². The molecule has 1 atom stereocenters. The maximum absolute atomic E-state index is 12.3. The predicted molar refractivity (Wildman–Crippen MR) is 54.4 cm³/mol. The van der Waals surface area contributed by atoms with E-state index in [-0.39, 0.29) is 20.6 Å². The first-order chi connectivity index (χ1) is 6.45. The number of halogens is 5. The lowest BCUT2D eigenvalue weighted by Crippen LogP contribution is -2.19. The minimum Gasteiger partial charge on any atom is -0.319 e. The molecule has 2 N–H and O–H groups in total. The molecule has 0 aliphatic heterocycles. The summed E-state index contributed by atoms with van der Waals surface area (Å²) in [6.45, 7) is 0. The minimum absolute atomic E-state index is 0.0177. The number of benzene rings is 1. The summed E-state index contributed by atoms with van der Waals surface area (Å²) in [5, 5.41) is 0.223. The van der Waals surface area contributed by atoms with E-state index in [0.29, 0.717) is 0 Å². The molecule has 0 saturated heterocycles. The fourth-order valence-corrected chi connectivity index (χ4v) is 1.76. The lowest BCUT2D eigenvalue weighted by Gasteiger charge is -2.14. The van der Waals surface area contributed by atoms with Crippen molar-refractivity contribution < 1.29 is 8.78 Å². The maximum Gasteiger partial charge on any atom is 0.257 e. The first kappa shape index (κ1) is 12.0. The largest absolute Gasteiger partial charge is 0.319 e. The highest BCUT2D eigenvalue weighted by atomic mass is 35.5. The van der Waals surface area contributed by atoms with Crippen LogP contribution in [-0.4, -0.2) is 6.43 Å². The Morgan fingerprint density at radius 2 is 1.57 bits per heavy atom. The van der Waals surface area contributed by atoms with E-state index in [9.17, 15) is 8.78 Å². The van der Waals surface area contributed by atoms with Crippen LogP contribution in [0.1, 0.15) is 11.6 Å². The first-order valence-electron chi connectivity index (χ1n) is 3.62. The summed E-state index contributed by atoms with van der Waals surface area (Å²) in [6, 6.07) is 1.29. The third-order valence-corrected chi connectivity index (χ3v) is 2.83. The Morgan fingerprint density at radius 3 is 2.07 bits per heavy atom. The van der Waals surface area contributed by atoms with Crippen LogP contribution in [0.4, 0.5) is 8.78 Å². The van der Waals surface area contributed by atoms with Gasteiger partial charge in [-0.1, -0.05) is 34.8 Å². The Morgan fingerprint density at radius 1 is 1.07 bits per heavy atom. The number of hydrogen-bond acceptors (Lipinski definition) is 1. The molecular formula is C8H6Cl3F2N. The van der Waals surface area contributed by atoms with Crippen LogP contribution in [0.3, 0.4) is 0 Å². The minimum atomic E-state index is -2.73. The Bertz CT molecular complexity index is 344. The number of hydrogen-bond donors (Lipinski definition) is 1. The first-order valence-corrected chi connectivity index (χ1v) is 4.75. The summed E-state index contributed by atoms with van der Waals surface area (Å²) in [5.74, 6) is 0. The van der Waals surface area contributed by atoms with Crippen LogP contribution in [0.5, 0.6) is 0 Å². The van der Waals surface area contributed by atoms with Gasteiger partial charge < -0.3 is 5.73 Å². The molecular weight excluding hydrogens is 254 g/mol. The van der Waals surface area contributed by atoms with Gasteiger partial charge in [-0.3, -0.25) is 0 Å². The van der Waals surface area contributed by atoms with Crippen molar-refractivity contribution in [3.05, 3.63) is 32.8 Å². The molecule has 14 heavy (non-hydrogen) atoms. The third kappa shape index (κ3) is 2.28. The topological polar surface area (TPSA) is 26.0 Å². The van der Waals surface area contributed by atoms with Crippen LogP contribution in [0.2, 0.25) is 15.1 Å². The molecule has 0 aliphatic rings. The molecule has 0 unspecified atom stereocenters. The zero-order chi connectivity index (χ0) is 10.9. The lowest BCUT2D eigenvalue weighted by molar-refractivity contribution is 0.116. The second kappa shape index (κ2) is 4.62. The Kier molecular flexibility index (Phi) is 3.95. The van der Waals surface area contributed by atoms with Gasteiger partial charge in [0.05, 0.1) is 16.1 Å². The van der Waals surface area contributed by atoms with Crippen molar-refractivity contribution in [3.8, 4) is 0 Å². The van der Waals surface area contributed by atoms with E-state index in [1.807, 2.05) is 0 Å². The van der Waals surface area contributed by atoms with Gasteiger partial charge in [0.25, 0.3) is 6.43 Å². The standard InChI is InChI=1S/C8H6Cl3F2N/c9-3-1-2-4(10)6(11)5(3)7(14)8(12)13/h1-2,7-8H,14H2/t7-/m1/s1. The Balaban J connectivity index is 3.25. The Hall–Kier alpha value is -0.0900. The highest BCUT2D eigenvalue weighted by Gasteiger charge is 2.24. The summed E-state index contributed by atoms with van der Waals surface area (Å²) in [4.78, 5) is 0. The smallest absolute Gasteiger partial charge is 0.257 e. The van der Waals surface area contributed by atoms with Crippen molar-refractivity contribution in [3.63, 3.8) is 0 Å². The molecule has 0 spiro atoms. The maximum atomic E-state index is 12.3. The van der Waals surface area contributed by atoms with Crippen molar-refractivity contribution in [2.45, 2.75) is 12.5 Å². The van der Waals surface area contributed by atoms with Crippen LogP contribution >= 0.6 is 34.8 Å². The molecule has 1 aromatic rings. The highest BCUT2D eigenvalue weighted by molar-refractivity contribution is 6.44. The molecule has 0 aromatic heterocycles. The van der Waals surface area contributed by atoms with Crippen LogP contribution in [-0.2, 0) is 0 Å². The van der Waals surface area contributed by atoms with Gasteiger partial charge in [-0.2, -0.15) is 0 Å². The molecule has 0 bridgehead atoms. The molecule has 1 rings (SSSR count). The average molecular weight is 260 g/mol. The summed E-state index contributed by atoms with van der Waals surface area (Å²) in [5.41, 5.74) is 5.21. The van der Waals surface area contributed by atoms with Gasteiger partial charge >= 0.3 is 0 Å². The average Bonchev–Trinajstić information content (AvgIpc) is 2.12.